The minimum Gasteiger partial charge on any atom is -0.381 e. The van der Waals surface area contributed by atoms with Gasteiger partial charge >= 0.3 is 0 Å². The van der Waals surface area contributed by atoms with Crippen molar-refractivity contribution in [2.24, 2.45) is 5.92 Å². The molecule has 3 fully saturated rings. The second-order valence-electron chi connectivity index (χ2n) is 8.06. The van der Waals surface area contributed by atoms with E-state index in [4.69, 9.17) is 4.74 Å². The number of carbonyl (C=O) groups is 2. The number of rotatable bonds is 4. The molecule has 1 atom stereocenters. The van der Waals surface area contributed by atoms with Crippen LogP contribution >= 0.6 is 11.3 Å². The molecule has 1 aromatic heterocycles. The van der Waals surface area contributed by atoms with Crippen molar-refractivity contribution >= 4 is 23.2 Å². The van der Waals surface area contributed by atoms with Gasteiger partial charge in [-0.1, -0.05) is 0 Å². The second-order valence-corrected chi connectivity index (χ2v) is 9.18. The van der Waals surface area contributed by atoms with Crippen molar-refractivity contribution in [2.75, 3.05) is 32.8 Å². The molecule has 0 aliphatic carbocycles. The van der Waals surface area contributed by atoms with Crippen LogP contribution in [-0.2, 0) is 9.53 Å². The van der Waals surface area contributed by atoms with Crippen molar-refractivity contribution in [3.63, 3.8) is 0 Å². The van der Waals surface area contributed by atoms with Crippen LogP contribution in [0.1, 0.15) is 72.0 Å². The van der Waals surface area contributed by atoms with E-state index >= 15 is 0 Å². The highest BCUT2D eigenvalue weighted by Gasteiger charge is 2.33. The van der Waals surface area contributed by atoms with Gasteiger partial charge in [-0.3, -0.25) is 9.59 Å². The lowest BCUT2D eigenvalue weighted by atomic mass is 9.96. The van der Waals surface area contributed by atoms with E-state index in [1.54, 1.807) is 11.3 Å². The van der Waals surface area contributed by atoms with Gasteiger partial charge in [0.1, 0.15) is 0 Å². The third-order valence-electron chi connectivity index (χ3n) is 6.19. The number of hydrogen-bond acceptors (Lipinski definition) is 4. The largest absolute Gasteiger partial charge is 0.381 e. The highest BCUT2D eigenvalue weighted by Crippen LogP contribution is 2.37. The Hall–Kier alpha value is -1.40. The van der Waals surface area contributed by atoms with Crippen LogP contribution in [0.3, 0.4) is 0 Å². The molecule has 3 aliphatic heterocycles. The smallest absolute Gasteiger partial charge is 0.263 e. The lowest BCUT2D eigenvalue weighted by molar-refractivity contribution is -0.133. The van der Waals surface area contributed by atoms with E-state index in [9.17, 15) is 9.59 Å². The van der Waals surface area contributed by atoms with Gasteiger partial charge in [0.2, 0.25) is 5.91 Å². The minimum atomic E-state index is 0.158. The monoisotopic (exact) mass is 390 g/mol. The van der Waals surface area contributed by atoms with Crippen LogP contribution in [0.15, 0.2) is 12.1 Å². The average Bonchev–Trinajstić information content (AvgIpc) is 3.38. The molecular formula is C21H30N2O3S. The maximum atomic E-state index is 12.9. The predicted octanol–water partition coefficient (Wildman–Crippen LogP) is 3.85. The molecule has 3 aliphatic rings. The molecule has 0 spiro atoms. The molecule has 4 heterocycles. The topological polar surface area (TPSA) is 49.9 Å². The molecule has 0 N–H and O–H groups in total. The van der Waals surface area contributed by atoms with Crippen molar-refractivity contribution in [3.05, 3.63) is 21.9 Å². The number of thiophene rings is 1. The fourth-order valence-electron chi connectivity index (χ4n) is 4.58. The van der Waals surface area contributed by atoms with Crippen LogP contribution < -0.4 is 0 Å². The van der Waals surface area contributed by atoms with Gasteiger partial charge in [0.25, 0.3) is 5.91 Å². The average molecular weight is 391 g/mol. The van der Waals surface area contributed by atoms with Crippen molar-refractivity contribution < 1.29 is 14.3 Å². The van der Waals surface area contributed by atoms with E-state index < -0.39 is 0 Å². The molecule has 4 rings (SSSR count). The quantitative estimate of drug-likeness (QED) is 0.784. The Bertz CT molecular complexity index is 662. The molecule has 2 amide bonds. The predicted molar refractivity (Wildman–Crippen MR) is 106 cm³/mol. The molecule has 0 aromatic carbocycles. The Morgan fingerprint density at radius 3 is 2.56 bits per heavy atom. The summed E-state index contributed by atoms with van der Waals surface area (Å²) in [6.07, 6.45) is 8.16. The zero-order chi connectivity index (χ0) is 18.6. The SMILES string of the molecule is O=C(c1ccc([C@@H]2CCCN2C(=O)CC2CCOCC2)s1)N1CCCCC1. The Balaban J connectivity index is 1.40. The van der Waals surface area contributed by atoms with Crippen molar-refractivity contribution in [1.82, 2.24) is 9.80 Å². The minimum absolute atomic E-state index is 0.158. The first-order valence-corrected chi connectivity index (χ1v) is 11.3. The highest BCUT2D eigenvalue weighted by molar-refractivity contribution is 7.14. The van der Waals surface area contributed by atoms with Gasteiger partial charge in [-0.05, 0) is 63.0 Å². The number of carbonyl (C=O) groups excluding carboxylic acids is 2. The van der Waals surface area contributed by atoms with Gasteiger partial charge in [0.15, 0.2) is 0 Å². The Morgan fingerprint density at radius 1 is 1.00 bits per heavy atom. The van der Waals surface area contributed by atoms with Crippen LogP contribution in [0.2, 0.25) is 0 Å². The Kier molecular flexibility index (Phi) is 6.13. The van der Waals surface area contributed by atoms with E-state index in [1.165, 1.54) is 11.3 Å². The molecular weight excluding hydrogens is 360 g/mol. The summed E-state index contributed by atoms with van der Waals surface area (Å²) in [7, 11) is 0. The van der Waals surface area contributed by atoms with Gasteiger partial charge in [-0.15, -0.1) is 11.3 Å². The van der Waals surface area contributed by atoms with E-state index in [1.807, 2.05) is 11.0 Å². The third-order valence-corrected chi connectivity index (χ3v) is 7.36. The summed E-state index contributed by atoms with van der Waals surface area (Å²) in [5.74, 6) is 0.915. The fourth-order valence-corrected chi connectivity index (χ4v) is 5.70. The van der Waals surface area contributed by atoms with E-state index in [0.717, 1.165) is 76.3 Å². The van der Waals surface area contributed by atoms with Crippen molar-refractivity contribution in [3.8, 4) is 0 Å². The summed E-state index contributed by atoms with van der Waals surface area (Å²) in [6, 6.07) is 4.20. The summed E-state index contributed by atoms with van der Waals surface area (Å²) in [6.45, 7) is 4.18. The molecule has 5 nitrogen and oxygen atoms in total. The zero-order valence-electron chi connectivity index (χ0n) is 16.0. The summed E-state index contributed by atoms with van der Waals surface area (Å²) in [5.41, 5.74) is 0. The van der Waals surface area contributed by atoms with E-state index in [0.29, 0.717) is 12.3 Å². The van der Waals surface area contributed by atoms with Crippen LogP contribution in [0.4, 0.5) is 0 Å². The lowest BCUT2D eigenvalue weighted by Gasteiger charge is -2.28. The molecule has 6 heteroatoms. The third kappa shape index (κ3) is 4.37. The molecule has 0 bridgehead atoms. The Morgan fingerprint density at radius 2 is 1.78 bits per heavy atom. The van der Waals surface area contributed by atoms with Crippen LogP contribution in [0.25, 0.3) is 0 Å². The first-order valence-electron chi connectivity index (χ1n) is 10.5. The molecule has 148 valence electrons. The number of ether oxygens (including phenoxy) is 1. The summed E-state index contributed by atoms with van der Waals surface area (Å²) in [4.78, 5) is 31.7. The van der Waals surface area contributed by atoms with Gasteiger partial charge in [-0.25, -0.2) is 0 Å². The van der Waals surface area contributed by atoms with Crippen LogP contribution in [0, 0.1) is 5.92 Å². The number of nitrogens with zero attached hydrogens (tertiary/aromatic N) is 2. The Labute approximate surface area is 165 Å². The second kappa shape index (κ2) is 8.74. The number of hydrogen-bond donors (Lipinski definition) is 0. The van der Waals surface area contributed by atoms with Gasteiger partial charge in [0.05, 0.1) is 10.9 Å². The zero-order valence-corrected chi connectivity index (χ0v) is 16.8. The van der Waals surface area contributed by atoms with E-state index in [-0.39, 0.29) is 17.9 Å². The fraction of sp³-hybridized carbons (Fsp3) is 0.714. The van der Waals surface area contributed by atoms with Crippen molar-refractivity contribution in [2.45, 2.75) is 57.4 Å². The van der Waals surface area contributed by atoms with Crippen LogP contribution in [-0.4, -0.2) is 54.5 Å². The lowest BCUT2D eigenvalue weighted by Crippen LogP contribution is -2.35. The normalized spacial score (nSPS) is 24.4. The molecule has 27 heavy (non-hydrogen) atoms. The summed E-state index contributed by atoms with van der Waals surface area (Å²) in [5, 5.41) is 0. The molecule has 0 unspecified atom stereocenters. The first-order chi connectivity index (χ1) is 13.2. The van der Waals surface area contributed by atoms with E-state index in [2.05, 4.69) is 11.0 Å². The van der Waals surface area contributed by atoms with Gasteiger partial charge in [-0.2, -0.15) is 0 Å². The van der Waals surface area contributed by atoms with Gasteiger partial charge < -0.3 is 14.5 Å². The number of piperidine rings is 1. The van der Waals surface area contributed by atoms with Crippen LogP contribution in [0.5, 0.6) is 0 Å². The first kappa shape index (κ1) is 18.9. The maximum Gasteiger partial charge on any atom is 0.263 e. The highest BCUT2D eigenvalue weighted by atomic mass is 32.1. The summed E-state index contributed by atoms with van der Waals surface area (Å²) < 4.78 is 5.41. The number of amides is 2. The van der Waals surface area contributed by atoms with Gasteiger partial charge in [0, 0.05) is 44.1 Å². The standard InChI is InChI=1S/C21H30N2O3S/c24-20(15-16-8-13-26-14-9-16)23-12-4-5-17(23)18-6-7-19(27-18)21(25)22-10-2-1-3-11-22/h6-7,16-17H,1-5,8-15H2/t17-/m0/s1. The molecule has 3 saturated heterocycles. The molecule has 0 saturated carbocycles. The molecule has 1 aromatic rings. The maximum absolute atomic E-state index is 12.9. The number of likely N-dealkylation sites (tertiary alicyclic amines) is 2. The summed E-state index contributed by atoms with van der Waals surface area (Å²) >= 11 is 1.59. The van der Waals surface area contributed by atoms with Crippen molar-refractivity contribution in [1.29, 1.82) is 0 Å². The molecule has 0 radical (unpaired) electrons.